The summed E-state index contributed by atoms with van der Waals surface area (Å²) in [4.78, 5) is 7.69. The summed E-state index contributed by atoms with van der Waals surface area (Å²) in [6, 6.07) is 50.2. The van der Waals surface area contributed by atoms with Crippen LogP contribution in [0.15, 0.2) is 146 Å². The molecule has 0 unspecified atom stereocenters. The molecule has 0 atom stereocenters. The lowest BCUT2D eigenvalue weighted by Crippen LogP contribution is -2.10. The van der Waals surface area contributed by atoms with Crippen LogP contribution in [0.4, 0.5) is 17.1 Å². The van der Waals surface area contributed by atoms with Gasteiger partial charge >= 0.3 is 0 Å². The number of benzene rings is 6. The summed E-state index contributed by atoms with van der Waals surface area (Å²) in [6.45, 7) is 0. The zero-order valence-electron chi connectivity index (χ0n) is 24.1. The van der Waals surface area contributed by atoms with Gasteiger partial charge in [-0.3, -0.25) is 4.40 Å². The highest BCUT2D eigenvalue weighted by atomic mass is 15.2. The number of anilines is 3. The van der Waals surface area contributed by atoms with Gasteiger partial charge in [-0.05, 0) is 36.4 Å². The van der Waals surface area contributed by atoms with Gasteiger partial charge in [0.05, 0.1) is 39.5 Å². The predicted octanol–water partition coefficient (Wildman–Crippen LogP) is 10.9. The molecule has 208 valence electrons. The minimum Gasteiger partial charge on any atom is -0.308 e. The minimum atomic E-state index is 0.996. The van der Waals surface area contributed by atoms with Crippen LogP contribution in [-0.4, -0.2) is 13.8 Å². The molecule has 5 heterocycles. The molecule has 0 aliphatic heterocycles. The van der Waals surface area contributed by atoms with E-state index in [2.05, 4.69) is 159 Å². The van der Waals surface area contributed by atoms with Crippen molar-refractivity contribution in [2.45, 2.75) is 0 Å². The molecule has 45 heavy (non-hydrogen) atoms. The first-order valence-corrected chi connectivity index (χ1v) is 15.4. The summed E-state index contributed by atoms with van der Waals surface area (Å²) in [5.41, 5.74) is 10.4. The summed E-state index contributed by atoms with van der Waals surface area (Å²) >= 11 is 0. The number of pyridine rings is 1. The highest BCUT2D eigenvalue weighted by molar-refractivity contribution is 6.35. The zero-order valence-corrected chi connectivity index (χ0v) is 24.1. The lowest BCUT2D eigenvalue weighted by atomic mass is 10.0. The van der Waals surface area contributed by atoms with E-state index in [0.29, 0.717) is 0 Å². The summed E-state index contributed by atoms with van der Waals surface area (Å²) in [7, 11) is 0. The number of para-hydroxylation sites is 6. The fourth-order valence-corrected chi connectivity index (χ4v) is 8.10. The number of rotatable bonds is 3. The molecule has 0 radical (unpaired) electrons. The Hall–Kier alpha value is -6.13. The van der Waals surface area contributed by atoms with E-state index in [0.717, 1.165) is 28.2 Å². The van der Waals surface area contributed by atoms with E-state index in [4.69, 9.17) is 4.98 Å². The van der Waals surface area contributed by atoms with Crippen LogP contribution >= 0.6 is 0 Å². The molecule has 4 nitrogen and oxygen atoms in total. The van der Waals surface area contributed by atoms with Gasteiger partial charge in [-0.2, -0.15) is 0 Å². The quantitative estimate of drug-likeness (QED) is 0.210. The first-order valence-electron chi connectivity index (χ1n) is 15.4. The number of hydrogen-bond donors (Lipinski definition) is 0. The van der Waals surface area contributed by atoms with Crippen LogP contribution < -0.4 is 4.90 Å². The lowest BCUT2D eigenvalue weighted by Gasteiger charge is -2.26. The van der Waals surface area contributed by atoms with Gasteiger partial charge in [-0.25, -0.2) is 4.98 Å². The van der Waals surface area contributed by atoms with Crippen LogP contribution in [-0.2, 0) is 0 Å². The topological polar surface area (TPSA) is 24.9 Å². The Bertz CT molecular complexity index is 2880. The third-order valence-electron chi connectivity index (χ3n) is 9.78. The molecule has 0 aliphatic carbocycles. The molecule has 11 rings (SSSR count). The van der Waals surface area contributed by atoms with Crippen molar-refractivity contribution in [2.75, 3.05) is 4.90 Å². The molecule has 5 aromatic heterocycles. The molecule has 4 heteroatoms. The second-order valence-electron chi connectivity index (χ2n) is 12.0. The third kappa shape index (κ3) is 2.80. The van der Waals surface area contributed by atoms with Crippen LogP contribution in [0.1, 0.15) is 0 Å². The van der Waals surface area contributed by atoms with E-state index in [-0.39, 0.29) is 0 Å². The Kier molecular flexibility index (Phi) is 4.29. The summed E-state index contributed by atoms with van der Waals surface area (Å²) in [5.74, 6) is 0. The van der Waals surface area contributed by atoms with Crippen molar-refractivity contribution < 1.29 is 0 Å². The molecule has 0 aliphatic rings. The molecule has 6 aromatic carbocycles. The van der Waals surface area contributed by atoms with Gasteiger partial charge in [0, 0.05) is 54.5 Å². The number of hydrogen-bond acceptors (Lipinski definition) is 2. The first-order chi connectivity index (χ1) is 22.4. The van der Waals surface area contributed by atoms with Crippen LogP contribution in [0.5, 0.6) is 0 Å². The molecule has 0 spiro atoms. The van der Waals surface area contributed by atoms with Crippen molar-refractivity contribution in [1.82, 2.24) is 13.8 Å². The van der Waals surface area contributed by atoms with E-state index >= 15 is 0 Å². The van der Waals surface area contributed by atoms with Gasteiger partial charge in [0.2, 0.25) is 0 Å². The zero-order chi connectivity index (χ0) is 29.2. The van der Waals surface area contributed by atoms with Crippen LogP contribution in [0.3, 0.4) is 0 Å². The van der Waals surface area contributed by atoms with E-state index in [1.54, 1.807) is 0 Å². The molecule has 11 aromatic rings. The van der Waals surface area contributed by atoms with Crippen LogP contribution in [0.25, 0.3) is 76.3 Å². The van der Waals surface area contributed by atoms with Crippen molar-refractivity contribution in [3.05, 3.63) is 146 Å². The normalized spacial score (nSPS) is 12.4. The van der Waals surface area contributed by atoms with Gasteiger partial charge < -0.3 is 9.30 Å². The second kappa shape index (κ2) is 8.28. The van der Waals surface area contributed by atoms with Crippen molar-refractivity contribution in [1.29, 1.82) is 0 Å². The Morgan fingerprint density at radius 1 is 0.400 bits per heavy atom. The molecule has 0 bridgehead atoms. The fourth-order valence-electron chi connectivity index (χ4n) is 8.10. The highest BCUT2D eigenvalue weighted by Crippen LogP contribution is 2.48. The Morgan fingerprint density at radius 3 is 1.67 bits per heavy atom. The van der Waals surface area contributed by atoms with Gasteiger partial charge in [0.15, 0.2) is 0 Å². The van der Waals surface area contributed by atoms with Gasteiger partial charge in [-0.1, -0.05) is 103 Å². The third-order valence-corrected chi connectivity index (χ3v) is 9.78. The van der Waals surface area contributed by atoms with Crippen LogP contribution in [0.2, 0.25) is 0 Å². The van der Waals surface area contributed by atoms with Crippen molar-refractivity contribution >= 4 is 93.4 Å². The van der Waals surface area contributed by atoms with E-state index < -0.39 is 0 Å². The van der Waals surface area contributed by atoms with Gasteiger partial charge in [-0.15, -0.1) is 0 Å². The van der Waals surface area contributed by atoms with E-state index in [1.165, 1.54) is 65.2 Å². The second-order valence-corrected chi connectivity index (χ2v) is 12.0. The predicted molar refractivity (Wildman–Crippen MR) is 188 cm³/mol. The average molecular weight is 573 g/mol. The number of aromatic nitrogens is 3. The maximum Gasteiger partial charge on any atom is 0.146 e. The van der Waals surface area contributed by atoms with Crippen molar-refractivity contribution in [3.8, 4) is 0 Å². The van der Waals surface area contributed by atoms with Crippen LogP contribution in [0, 0.1) is 0 Å². The standard InChI is InChI=1S/C41H24N4/c1-3-12-25(13-4-1)43(26-14-5-2-6-15-26)34-23-11-19-30-29-18-10-21-32-37-36-31-20-9-17-28-27-16-7-8-22-33(27)44(38(28)31)35(36)24-42-41(37)45(39(29)32)40(30)34/h1-24H. The SMILES string of the molecule is c1ccc(N(c2ccccc2)c2cccc3c4cccc5c6c7c8cccc9c%10ccccc%10n(c7cnc6n(c23)c45)c98)cc1. The smallest absolute Gasteiger partial charge is 0.146 e. The van der Waals surface area contributed by atoms with Gasteiger partial charge in [0.1, 0.15) is 5.65 Å². The molecule has 0 fully saturated rings. The summed E-state index contributed by atoms with van der Waals surface area (Å²) in [6.07, 6.45) is 2.10. The number of nitrogens with zero attached hydrogens (tertiary/aromatic N) is 4. The van der Waals surface area contributed by atoms with Crippen molar-refractivity contribution in [3.63, 3.8) is 0 Å². The first kappa shape index (κ1) is 23.3. The lowest BCUT2D eigenvalue weighted by molar-refractivity contribution is 1.24. The number of fused-ring (bicyclic) bond motifs is 13. The monoisotopic (exact) mass is 572 g/mol. The molecular formula is C41H24N4. The largest absolute Gasteiger partial charge is 0.308 e. The van der Waals surface area contributed by atoms with Crippen molar-refractivity contribution in [2.24, 2.45) is 0 Å². The average Bonchev–Trinajstić information content (AvgIpc) is 3.83. The molecule has 0 N–H and O–H groups in total. The molecular weight excluding hydrogens is 548 g/mol. The minimum absolute atomic E-state index is 0.996. The van der Waals surface area contributed by atoms with E-state index in [9.17, 15) is 0 Å². The Balaban J connectivity index is 1.35. The molecule has 0 amide bonds. The Labute approximate surface area is 257 Å². The maximum absolute atomic E-state index is 5.32. The van der Waals surface area contributed by atoms with E-state index in [1.807, 2.05) is 0 Å². The fraction of sp³-hybridized carbons (Fsp3) is 0. The maximum atomic E-state index is 5.32. The molecule has 0 saturated carbocycles. The Morgan fingerprint density at radius 2 is 0.933 bits per heavy atom. The molecule has 0 saturated heterocycles. The summed E-state index contributed by atoms with van der Waals surface area (Å²) in [5, 5.41) is 10.1. The summed E-state index contributed by atoms with van der Waals surface area (Å²) < 4.78 is 4.85. The highest BCUT2D eigenvalue weighted by Gasteiger charge is 2.26. The van der Waals surface area contributed by atoms with Gasteiger partial charge in [0.25, 0.3) is 0 Å².